The van der Waals surface area contributed by atoms with Crippen LogP contribution in [-0.4, -0.2) is 45.9 Å². The summed E-state index contributed by atoms with van der Waals surface area (Å²) in [7, 11) is 3.17. The zero-order valence-corrected chi connectivity index (χ0v) is 23.2. The monoisotopic (exact) mass is 549 g/mol. The quantitative estimate of drug-likeness (QED) is 0.258. The van der Waals surface area contributed by atoms with Crippen molar-refractivity contribution < 1.29 is 19.1 Å². The van der Waals surface area contributed by atoms with E-state index in [2.05, 4.69) is 15.6 Å². The van der Waals surface area contributed by atoms with E-state index in [4.69, 9.17) is 9.47 Å². The maximum absolute atomic E-state index is 14.1. The van der Waals surface area contributed by atoms with Crippen LogP contribution in [0.3, 0.4) is 0 Å². The van der Waals surface area contributed by atoms with Crippen LogP contribution in [0.1, 0.15) is 22.7 Å². The number of nitrogens with zero attached hydrogens (tertiary/aromatic N) is 4. The first kappa shape index (κ1) is 27.4. The number of fused-ring (bicyclic) bond motifs is 1. The maximum atomic E-state index is 14.1. The second-order valence-electron chi connectivity index (χ2n) is 9.64. The van der Waals surface area contributed by atoms with Gasteiger partial charge >= 0.3 is 0 Å². The van der Waals surface area contributed by atoms with Crippen molar-refractivity contribution in [3.8, 4) is 11.5 Å². The third kappa shape index (κ3) is 6.36. The van der Waals surface area contributed by atoms with Crippen LogP contribution in [0, 0.1) is 6.92 Å². The lowest BCUT2D eigenvalue weighted by Gasteiger charge is -2.32. The van der Waals surface area contributed by atoms with Gasteiger partial charge < -0.3 is 19.7 Å². The van der Waals surface area contributed by atoms with Crippen LogP contribution in [0.25, 0.3) is 11.0 Å². The van der Waals surface area contributed by atoms with Gasteiger partial charge in [-0.2, -0.15) is 0 Å². The Labute approximate surface area is 238 Å². The summed E-state index contributed by atoms with van der Waals surface area (Å²) < 4.78 is 12.1. The van der Waals surface area contributed by atoms with Crippen LogP contribution in [0.5, 0.6) is 11.5 Å². The molecule has 208 valence electrons. The van der Waals surface area contributed by atoms with E-state index in [1.165, 1.54) is 0 Å². The second kappa shape index (κ2) is 12.3. The summed E-state index contributed by atoms with van der Waals surface area (Å²) in [6.45, 7) is 2.12. The molecule has 0 bridgehead atoms. The standard InChI is InChI=1S/C32H31N5O4/c1-22-8-10-23(11-9-22)20-36(30(38)21-37-29-7-5-4-6-28(29)34-35-37)31(24-12-16-26(40-2)17-13-24)32(39)33-25-14-18-27(41-3)19-15-25/h4-19,31H,20-21H2,1-3H3,(H,33,39). The number of hydrogen-bond donors (Lipinski definition) is 1. The average Bonchev–Trinajstić information content (AvgIpc) is 3.41. The molecule has 4 aromatic carbocycles. The van der Waals surface area contributed by atoms with Crippen LogP contribution >= 0.6 is 0 Å². The Balaban J connectivity index is 1.54. The average molecular weight is 550 g/mol. The first-order valence-corrected chi connectivity index (χ1v) is 13.2. The molecule has 9 nitrogen and oxygen atoms in total. The van der Waals surface area contributed by atoms with E-state index in [-0.39, 0.29) is 24.9 Å². The van der Waals surface area contributed by atoms with Gasteiger partial charge in [0.2, 0.25) is 5.91 Å². The SMILES string of the molecule is COc1ccc(NC(=O)C(c2ccc(OC)cc2)N(Cc2ccc(C)cc2)C(=O)Cn2nnc3ccccc32)cc1. The molecule has 9 heteroatoms. The van der Waals surface area contributed by atoms with Gasteiger partial charge in [0.1, 0.15) is 29.6 Å². The van der Waals surface area contributed by atoms with E-state index >= 15 is 0 Å². The summed E-state index contributed by atoms with van der Waals surface area (Å²) in [6, 6.07) is 28.6. The Morgan fingerprint density at radius 3 is 2.15 bits per heavy atom. The van der Waals surface area contributed by atoms with Crippen molar-refractivity contribution in [2.75, 3.05) is 19.5 Å². The van der Waals surface area contributed by atoms with E-state index in [0.29, 0.717) is 28.3 Å². The maximum Gasteiger partial charge on any atom is 0.251 e. The number of ether oxygens (including phenoxy) is 2. The predicted molar refractivity (Wildman–Crippen MR) is 157 cm³/mol. The molecule has 1 N–H and O–H groups in total. The summed E-state index contributed by atoms with van der Waals surface area (Å²) >= 11 is 0. The smallest absolute Gasteiger partial charge is 0.251 e. The number of methoxy groups -OCH3 is 2. The molecule has 1 unspecified atom stereocenters. The summed E-state index contributed by atoms with van der Waals surface area (Å²) in [6.07, 6.45) is 0. The molecule has 0 aliphatic carbocycles. The highest BCUT2D eigenvalue weighted by atomic mass is 16.5. The van der Waals surface area contributed by atoms with Gasteiger partial charge in [-0.15, -0.1) is 5.10 Å². The highest BCUT2D eigenvalue weighted by molar-refractivity contribution is 5.98. The number of benzene rings is 4. The van der Waals surface area contributed by atoms with Crippen LogP contribution in [0.4, 0.5) is 5.69 Å². The molecule has 0 saturated carbocycles. The number of aryl methyl sites for hydroxylation is 1. The first-order valence-electron chi connectivity index (χ1n) is 13.2. The summed E-state index contributed by atoms with van der Waals surface area (Å²) in [5, 5.41) is 11.4. The van der Waals surface area contributed by atoms with Gasteiger partial charge in [0, 0.05) is 12.2 Å². The number of anilines is 1. The van der Waals surface area contributed by atoms with Gasteiger partial charge in [-0.1, -0.05) is 59.3 Å². The number of amides is 2. The summed E-state index contributed by atoms with van der Waals surface area (Å²) in [5.41, 5.74) is 4.64. The Morgan fingerprint density at radius 2 is 1.49 bits per heavy atom. The molecule has 41 heavy (non-hydrogen) atoms. The number of carbonyl (C=O) groups is 2. The van der Waals surface area contributed by atoms with Crippen molar-refractivity contribution in [2.24, 2.45) is 0 Å². The fourth-order valence-electron chi connectivity index (χ4n) is 4.61. The third-order valence-corrected chi connectivity index (χ3v) is 6.85. The fourth-order valence-corrected chi connectivity index (χ4v) is 4.61. The molecule has 0 radical (unpaired) electrons. The minimum Gasteiger partial charge on any atom is -0.497 e. The molecule has 0 aliphatic heterocycles. The zero-order valence-electron chi connectivity index (χ0n) is 23.2. The molecule has 5 aromatic rings. The molecule has 0 saturated heterocycles. The fraction of sp³-hybridized carbons (Fsp3) is 0.188. The highest BCUT2D eigenvalue weighted by Crippen LogP contribution is 2.28. The van der Waals surface area contributed by atoms with Crippen molar-refractivity contribution in [1.29, 1.82) is 0 Å². The van der Waals surface area contributed by atoms with Gasteiger partial charge in [-0.25, -0.2) is 4.68 Å². The lowest BCUT2D eigenvalue weighted by molar-refractivity contribution is -0.140. The minimum atomic E-state index is -0.952. The van der Waals surface area contributed by atoms with Gasteiger partial charge in [0.05, 0.1) is 19.7 Å². The molecular formula is C32H31N5O4. The van der Waals surface area contributed by atoms with Gasteiger partial charge in [0.25, 0.3) is 5.91 Å². The lowest BCUT2D eigenvalue weighted by Crippen LogP contribution is -2.42. The van der Waals surface area contributed by atoms with Gasteiger partial charge in [0.15, 0.2) is 0 Å². The van der Waals surface area contributed by atoms with E-state index in [1.807, 2.05) is 55.5 Å². The molecule has 0 aliphatic rings. The second-order valence-corrected chi connectivity index (χ2v) is 9.64. The Hall–Kier alpha value is -5.18. The highest BCUT2D eigenvalue weighted by Gasteiger charge is 2.32. The van der Waals surface area contributed by atoms with E-state index in [9.17, 15) is 9.59 Å². The Kier molecular flexibility index (Phi) is 8.24. The summed E-state index contributed by atoms with van der Waals surface area (Å²) in [4.78, 5) is 29.7. The minimum absolute atomic E-state index is 0.0884. The Morgan fingerprint density at radius 1 is 0.854 bits per heavy atom. The number of rotatable bonds is 10. The normalized spacial score (nSPS) is 11.6. The summed E-state index contributed by atoms with van der Waals surface area (Å²) in [5.74, 6) is 0.677. The van der Waals surface area contributed by atoms with Crippen molar-refractivity contribution in [3.05, 3.63) is 114 Å². The number of para-hydroxylation sites is 1. The van der Waals surface area contributed by atoms with E-state index in [1.54, 1.807) is 72.3 Å². The van der Waals surface area contributed by atoms with Gasteiger partial charge in [-0.05, 0) is 66.6 Å². The first-order chi connectivity index (χ1) is 19.9. The molecule has 0 fully saturated rings. The molecule has 2 amide bonds. The predicted octanol–water partition coefficient (Wildman–Crippen LogP) is 5.17. The number of aromatic nitrogens is 3. The van der Waals surface area contributed by atoms with Crippen LogP contribution in [0.2, 0.25) is 0 Å². The third-order valence-electron chi connectivity index (χ3n) is 6.85. The molecule has 1 heterocycles. The number of hydrogen-bond acceptors (Lipinski definition) is 6. The largest absolute Gasteiger partial charge is 0.497 e. The lowest BCUT2D eigenvalue weighted by atomic mass is 10.0. The van der Waals surface area contributed by atoms with Crippen molar-refractivity contribution in [2.45, 2.75) is 26.1 Å². The van der Waals surface area contributed by atoms with Crippen molar-refractivity contribution in [3.63, 3.8) is 0 Å². The van der Waals surface area contributed by atoms with Gasteiger partial charge in [-0.3, -0.25) is 9.59 Å². The molecule has 1 aromatic heterocycles. The number of carbonyl (C=O) groups excluding carboxylic acids is 2. The molecular weight excluding hydrogens is 518 g/mol. The van der Waals surface area contributed by atoms with Crippen molar-refractivity contribution in [1.82, 2.24) is 19.9 Å². The number of nitrogens with one attached hydrogen (secondary N) is 1. The van der Waals surface area contributed by atoms with Crippen LogP contribution in [-0.2, 0) is 22.7 Å². The van der Waals surface area contributed by atoms with Crippen LogP contribution in [0.15, 0.2) is 97.1 Å². The van der Waals surface area contributed by atoms with E-state index < -0.39 is 6.04 Å². The van der Waals surface area contributed by atoms with Crippen molar-refractivity contribution >= 4 is 28.5 Å². The molecule has 5 rings (SSSR count). The van der Waals surface area contributed by atoms with E-state index in [0.717, 1.165) is 16.6 Å². The zero-order chi connectivity index (χ0) is 28.8. The molecule has 0 spiro atoms. The molecule has 1 atom stereocenters. The topological polar surface area (TPSA) is 98.6 Å². The van der Waals surface area contributed by atoms with Crippen LogP contribution < -0.4 is 14.8 Å². The Bertz CT molecular complexity index is 1630.